The van der Waals surface area contributed by atoms with Crippen molar-refractivity contribution in [2.45, 2.75) is 48.0 Å². The van der Waals surface area contributed by atoms with E-state index < -0.39 is 0 Å². The third kappa shape index (κ3) is 3.86. The molecular weight excluding hydrogens is 184 g/mol. The zero-order chi connectivity index (χ0) is 12.0. The molecule has 0 saturated heterocycles. The van der Waals surface area contributed by atoms with Crippen molar-refractivity contribution in [3.8, 4) is 0 Å². The van der Waals surface area contributed by atoms with Crippen molar-refractivity contribution < 1.29 is 4.79 Å². The fourth-order valence-corrected chi connectivity index (χ4v) is 1.41. The highest BCUT2D eigenvalue weighted by Crippen LogP contribution is 2.19. The van der Waals surface area contributed by atoms with Gasteiger partial charge in [0.15, 0.2) is 0 Å². The molecule has 1 rings (SSSR count). The molecule has 0 aliphatic heterocycles. The molecule has 0 heterocycles. The van der Waals surface area contributed by atoms with Crippen LogP contribution in [-0.2, 0) is 4.79 Å². The van der Waals surface area contributed by atoms with Crippen LogP contribution in [0.25, 0.3) is 0 Å². The standard InChI is InChI=1S/C11H16.C3H6O/c1-7-6-8(2)10(4)11(5)9(7)3;1-2-3-4/h6H,1-5H3;3H,2H2,1H3. The Morgan fingerprint density at radius 2 is 1.27 bits per heavy atom. The van der Waals surface area contributed by atoms with Gasteiger partial charge in [-0.2, -0.15) is 0 Å². The van der Waals surface area contributed by atoms with Crippen molar-refractivity contribution in [3.63, 3.8) is 0 Å². The summed E-state index contributed by atoms with van der Waals surface area (Å²) in [6.45, 7) is 12.7. The van der Waals surface area contributed by atoms with E-state index in [0.717, 1.165) is 6.29 Å². The summed E-state index contributed by atoms with van der Waals surface area (Å²) in [5.41, 5.74) is 7.14. The zero-order valence-corrected chi connectivity index (χ0v) is 10.8. The molecule has 84 valence electrons. The van der Waals surface area contributed by atoms with Gasteiger partial charge < -0.3 is 4.79 Å². The van der Waals surface area contributed by atoms with Crippen LogP contribution in [0.1, 0.15) is 41.2 Å². The van der Waals surface area contributed by atoms with Gasteiger partial charge in [0.1, 0.15) is 6.29 Å². The summed E-state index contributed by atoms with van der Waals surface area (Å²) in [5, 5.41) is 0. The predicted octanol–water partition coefficient (Wildman–Crippen LogP) is 3.82. The summed E-state index contributed by atoms with van der Waals surface area (Å²) in [6, 6.07) is 2.26. The summed E-state index contributed by atoms with van der Waals surface area (Å²) in [4.78, 5) is 9.17. The van der Waals surface area contributed by atoms with Crippen molar-refractivity contribution in [1.29, 1.82) is 0 Å². The van der Waals surface area contributed by atoms with Crippen LogP contribution < -0.4 is 0 Å². The number of hydrogen-bond donors (Lipinski definition) is 0. The van der Waals surface area contributed by atoms with Gasteiger partial charge in [0.25, 0.3) is 0 Å². The van der Waals surface area contributed by atoms with Gasteiger partial charge in [-0.25, -0.2) is 0 Å². The summed E-state index contributed by atoms with van der Waals surface area (Å²) >= 11 is 0. The van der Waals surface area contributed by atoms with Crippen molar-refractivity contribution in [1.82, 2.24) is 0 Å². The molecule has 1 aromatic rings. The molecular formula is C14H22O. The third-order valence-corrected chi connectivity index (χ3v) is 2.91. The van der Waals surface area contributed by atoms with Crippen molar-refractivity contribution in [2.24, 2.45) is 0 Å². The van der Waals surface area contributed by atoms with Crippen molar-refractivity contribution >= 4 is 6.29 Å². The van der Waals surface area contributed by atoms with Crippen LogP contribution in [-0.4, -0.2) is 6.29 Å². The molecule has 0 aliphatic rings. The first-order chi connectivity index (χ1) is 6.95. The maximum Gasteiger partial charge on any atom is 0.119 e. The Balaban J connectivity index is 0.000000423. The molecule has 0 aliphatic carbocycles. The van der Waals surface area contributed by atoms with Crippen LogP contribution in [0.5, 0.6) is 0 Å². The molecule has 0 fully saturated rings. The second-order valence-electron chi connectivity index (χ2n) is 3.96. The summed E-state index contributed by atoms with van der Waals surface area (Å²) < 4.78 is 0. The molecule has 1 heteroatoms. The number of benzene rings is 1. The smallest absolute Gasteiger partial charge is 0.119 e. The van der Waals surface area contributed by atoms with Gasteiger partial charge >= 0.3 is 0 Å². The Morgan fingerprint density at radius 3 is 1.53 bits per heavy atom. The van der Waals surface area contributed by atoms with Gasteiger partial charge in [0.2, 0.25) is 0 Å². The highest BCUT2D eigenvalue weighted by atomic mass is 16.1. The van der Waals surface area contributed by atoms with E-state index in [1.165, 1.54) is 27.8 Å². The summed E-state index contributed by atoms with van der Waals surface area (Å²) in [6.07, 6.45) is 1.51. The third-order valence-electron chi connectivity index (χ3n) is 2.91. The monoisotopic (exact) mass is 206 g/mol. The average Bonchev–Trinajstić information content (AvgIpc) is 2.24. The SMILES string of the molecule is CCC=O.Cc1cc(C)c(C)c(C)c1C. The minimum atomic E-state index is 0.639. The minimum absolute atomic E-state index is 0.639. The first-order valence-corrected chi connectivity index (χ1v) is 5.43. The normalized spacial score (nSPS) is 9.20. The molecule has 0 amide bonds. The zero-order valence-electron chi connectivity index (χ0n) is 10.8. The van der Waals surface area contributed by atoms with E-state index in [-0.39, 0.29) is 0 Å². The quantitative estimate of drug-likeness (QED) is 0.638. The lowest BCUT2D eigenvalue weighted by atomic mass is 9.96. The minimum Gasteiger partial charge on any atom is -0.303 e. The van der Waals surface area contributed by atoms with E-state index in [4.69, 9.17) is 0 Å². The van der Waals surface area contributed by atoms with E-state index in [2.05, 4.69) is 40.7 Å². The topological polar surface area (TPSA) is 17.1 Å². The van der Waals surface area contributed by atoms with Crippen LogP contribution in [0.2, 0.25) is 0 Å². The van der Waals surface area contributed by atoms with Crippen molar-refractivity contribution in [2.75, 3.05) is 0 Å². The Bertz CT molecular complexity index is 311. The predicted molar refractivity (Wildman–Crippen MR) is 66.5 cm³/mol. The summed E-state index contributed by atoms with van der Waals surface area (Å²) in [5.74, 6) is 0. The van der Waals surface area contributed by atoms with Crippen LogP contribution in [0.4, 0.5) is 0 Å². The molecule has 0 aromatic heterocycles. The Hall–Kier alpha value is -1.11. The Labute approximate surface area is 93.5 Å². The van der Waals surface area contributed by atoms with Gasteiger partial charge in [-0.3, -0.25) is 0 Å². The first-order valence-electron chi connectivity index (χ1n) is 5.43. The molecule has 15 heavy (non-hydrogen) atoms. The van der Waals surface area contributed by atoms with E-state index in [0.29, 0.717) is 6.42 Å². The average molecular weight is 206 g/mol. The Morgan fingerprint density at radius 1 is 0.933 bits per heavy atom. The number of rotatable bonds is 1. The molecule has 0 N–H and O–H groups in total. The second-order valence-corrected chi connectivity index (χ2v) is 3.96. The van der Waals surface area contributed by atoms with E-state index in [1.54, 1.807) is 0 Å². The molecule has 1 nitrogen and oxygen atoms in total. The van der Waals surface area contributed by atoms with Gasteiger partial charge in [-0.15, -0.1) is 0 Å². The number of hydrogen-bond acceptors (Lipinski definition) is 1. The molecule has 0 atom stereocenters. The van der Waals surface area contributed by atoms with Crippen LogP contribution >= 0.6 is 0 Å². The molecule has 0 spiro atoms. The molecule has 0 bridgehead atoms. The number of carbonyl (C=O) groups is 1. The maximum atomic E-state index is 9.17. The van der Waals surface area contributed by atoms with Crippen LogP contribution in [0, 0.1) is 34.6 Å². The largest absolute Gasteiger partial charge is 0.303 e. The highest BCUT2D eigenvalue weighted by molar-refractivity contribution is 5.48. The number of aldehydes is 1. The van der Waals surface area contributed by atoms with E-state index in [1.807, 2.05) is 6.92 Å². The van der Waals surface area contributed by atoms with E-state index >= 15 is 0 Å². The van der Waals surface area contributed by atoms with Gasteiger partial charge in [-0.05, 0) is 62.4 Å². The number of aryl methyl sites for hydroxylation is 2. The second kappa shape index (κ2) is 6.39. The van der Waals surface area contributed by atoms with Gasteiger partial charge in [0, 0.05) is 6.42 Å². The fraction of sp³-hybridized carbons (Fsp3) is 0.500. The van der Waals surface area contributed by atoms with Gasteiger partial charge in [0.05, 0.1) is 0 Å². The van der Waals surface area contributed by atoms with Crippen molar-refractivity contribution in [3.05, 3.63) is 33.9 Å². The Kier molecular flexibility index (Phi) is 5.92. The lowest BCUT2D eigenvalue weighted by molar-refractivity contribution is -0.107. The lowest BCUT2D eigenvalue weighted by Gasteiger charge is -2.10. The molecule has 0 unspecified atom stereocenters. The summed E-state index contributed by atoms with van der Waals surface area (Å²) in [7, 11) is 0. The molecule has 0 radical (unpaired) electrons. The number of carbonyl (C=O) groups excluding carboxylic acids is 1. The maximum absolute atomic E-state index is 9.17. The molecule has 0 saturated carbocycles. The van der Waals surface area contributed by atoms with Crippen LogP contribution in [0.3, 0.4) is 0 Å². The lowest BCUT2D eigenvalue weighted by Crippen LogP contribution is -1.93. The first kappa shape index (κ1) is 13.9. The van der Waals surface area contributed by atoms with Gasteiger partial charge in [-0.1, -0.05) is 13.0 Å². The molecule has 1 aromatic carbocycles. The fourth-order valence-electron chi connectivity index (χ4n) is 1.41. The van der Waals surface area contributed by atoms with Crippen LogP contribution in [0.15, 0.2) is 6.07 Å². The highest BCUT2D eigenvalue weighted by Gasteiger charge is 2.02. The van der Waals surface area contributed by atoms with E-state index in [9.17, 15) is 4.79 Å².